The molecule has 3 aromatic rings. The van der Waals surface area contributed by atoms with Gasteiger partial charge in [-0.25, -0.2) is 12.8 Å². The molecule has 2 aromatic carbocycles. The fraction of sp³-hybridized carbons (Fsp3) is 0.0556. The van der Waals surface area contributed by atoms with E-state index in [1.165, 1.54) is 24.3 Å². The van der Waals surface area contributed by atoms with Crippen molar-refractivity contribution in [3.63, 3.8) is 0 Å². The zero-order valence-electron chi connectivity index (χ0n) is 13.7. The topological polar surface area (TPSA) is 89.3 Å². The number of hydrogen-bond donors (Lipinski definition) is 2. The van der Waals surface area contributed by atoms with E-state index in [-0.39, 0.29) is 14.9 Å². The van der Waals surface area contributed by atoms with Crippen molar-refractivity contribution in [2.45, 2.75) is 4.21 Å². The van der Waals surface area contributed by atoms with Crippen LogP contribution in [-0.4, -0.2) is 20.6 Å². The van der Waals surface area contributed by atoms with Gasteiger partial charge in [0.25, 0.3) is 5.91 Å². The first-order chi connectivity index (χ1) is 12.2. The fourth-order valence-electron chi connectivity index (χ4n) is 2.31. The predicted octanol–water partition coefficient (Wildman–Crippen LogP) is 3.79. The van der Waals surface area contributed by atoms with Gasteiger partial charge in [-0.15, -0.1) is 11.3 Å². The molecule has 8 heteroatoms. The Morgan fingerprint density at radius 2 is 1.69 bits per heavy atom. The molecular formula is C18H15FN2O3S2. The molecule has 0 bridgehead atoms. The predicted molar refractivity (Wildman–Crippen MR) is 102 cm³/mol. The highest BCUT2D eigenvalue weighted by atomic mass is 32.2. The molecule has 0 radical (unpaired) electrons. The maximum absolute atomic E-state index is 13.1. The van der Waals surface area contributed by atoms with Crippen LogP contribution in [0.4, 0.5) is 15.8 Å². The molecule has 26 heavy (non-hydrogen) atoms. The number of sulfone groups is 1. The monoisotopic (exact) mass is 390 g/mol. The Morgan fingerprint density at radius 1 is 1.04 bits per heavy atom. The van der Waals surface area contributed by atoms with Crippen LogP contribution in [0.15, 0.2) is 58.8 Å². The number of nitrogen functional groups attached to an aromatic ring is 1. The average molecular weight is 390 g/mol. The minimum Gasteiger partial charge on any atom is -0.397 e. The zero-order chi connectivity index (χ0) is 18.9. The second-order valence-corrected chi connectivity index (χ2v) is 8.98. The van der Waals surface area contributed by atoms with Crippen molar-refractivity contribution in [1.29, 1.82) is 0 Å². The van der Waals surface area contributed by atoms with Crippen molar-refractivity contribution < 1.29 is 17.6 Å². The van der Waals surface area contributed by atoms with Gasteiger partial charge in [0.2, 0.25) is 0 Å². The number of carbonyl (C=O) groups excluding carboxylic acids is 1. The highest BCUT2D eigenvalue weighted by Crippen LogP contribution is 2.29. The normalized spacial score (nSPS) is 11.3. The van der Waals surface area contributed by atoms with E-state index < -0.39 is 15.7 Å². The van der Waals surface area contributed by atoms with Crippen LogP contribution in [0.5, 0.6) is 0 Å². The Morgan fingerprint density at radius 3 is 2.31 bits per heavy atom. The number of nitrogens with one attached hydrogen (secondary N) is 1. The molecule has 0 atom stereocenters. The minimum absolute atomic E-state index is 0.121. The first-order valence-electron chi connectivity index (χ1n) is 7.51. The largest absolute Gasteiger partial charge is 0.397 e. The summed E-state index contributed by atoms with van der Waals surface area (Å²) < 4.78 is 36.3. The fourth-order valence-corrected chi connectivity index (χ4v) is 4.13. The number of thiophene rings is 1. The molecule has 5 nitrogen and oxygen atoms in total. The summed E-state index contributed by atoms with van der Waals surface area (Å²) in [6, 6.07) is 13.9. The molecule has 0 aliphatic heterocycles. The molecular weight excluding hydrogens is 375 g/mol. The van der Waals surface area contributed by atoms with Gasteiger partial charge in [0.1, 0.15) is 10.0 Å². The molecule has 1 aromatic heterocycles. The van der Waals surface area contributed by atoms with E-state index in [1.807, 2.05) is 0 Å². The van der Waals surface area contributed by atoms with E-state index in [0.29, 0.717) is 11.4 Å². The van der Waals surface area contributed by atoms with Gasteiger partial charge in [0, 0.05) is 6.26 Å². The van der Waals surface area contributed by atoms with Crippen molar-refractivity contribution in [2.24, 2.45) is 0 Å². The third-order valence-electron chi connectivity index (χ3n) is 3.65. The lowest BCUT2D eigenvalue weighted by Gasteiger charge is -2.10. The molecule has 3 N–H and O–H groups in total. The SMILES string of the molecule is CS(=O)(=O)c1ccc(C(=O)Nc2cc(-c3ccc(F)cc3)ccc2N)s1. The van der Waals surface area contributed by atoms with Crippen molar-refractivity contribution >= 4 is 38.5 Å². The van der Waals surface area contributed by atoms with Crippen LogP contribution in [0.2, 0.25) is 0 Å². The first-order valence-corrected chi connectivity index (χ1v) is 10.2. The van der Waals surface area contributed by atoms with Crippen LogP contribution in [-0.2, 0) is 9.84 Å². The Kier molecular flexibility index (Phi) is 4.80. The van der Waals surface area contributed by atoms with E-state index in [0.717, 1.165) is 28.7 Å². The summed E-state index contributed by atoms with van der Waals surface area (Å²) in [5.41, 5.74) is 8.22. The lowest BCUT2D eigenvalue weighted by molar-refractivity contribution is 0.103. The Hall–Kier alpha value is -2.71. The Bertz CT molecular complexity index is 1070. The third kappa shape index (κ3) is 3.92. The molecule has 0 saturated carbocycles. The molecule has 1 heterocycles. The molecule has 3 rings (SSSR count). The smallest absolute Gasteiger partial charge is 0.265 e. The number of halogens is 1. The molecule has 0 aliphatic rings. The van der Waals surface area contributed by atoms with Crippen LogP contribution in [0.1, 0.15) is 9.67 Å². The molecule has 0 saturated heterocycles. The number of carbonyl (C=O) groups is 1. The average Bonchev–Trinajstić information content (AvgIpc) is 3.08. The number of anilines is 2. The molecule has 0 fully saturated rings. The first kappa shape index (κ1) is 18.1. The number of amides is 1. The second-order valence-electron chi connectivity index (χ2n) is 5.65. The minimum atomic E-state index is -3.36. The van der Waals surface area contributed by atoms with Crippen molar-refractivity contribution in [3.8, 4) is 11.1 Å². The van der Waals surface area contributed by atoms with Gasteiger partial charge in [-0.2, -0.15) is 0 Å². The summed E-state index contributed by atoms with van der Waals surface area (Å²) >= 11 is 0.893. The lowest BCUT2D eigenvalue weighted by Crippen LogP contribution is -2.11. The van der Waals surface area contributed by atoms with Crippen LogP contribution < -0.4 is 11.1 Å². The summed E-state index contributed by atoms with van der Waals surface area (Å²) in [6.07, 6.45) is 1.09. The van der Waals surface area contributed by atoms with Gasteiger partial charge in [0.05, 0.1) is 16.3 Å². The van der Waals surface area contributed by atoms with Gasteiger partial charge in [-0.3, -0.25) is 4.79 Å². The highest BCUT2D eigenvalue weighted by molar-refractivity contribution is 7.92. The van der Waals surface area contributed by atoms with E-state index >= 15 is 0 Å². The van der Waals surface area contributed by atoms with Crippen LogP contribution >= 0.6 is 11.3 Å². The number of benzene rings is 2. The van der Waals surface area contributed by atoms with Crippen molar-refractivity contribution in [3.05, 3.63) is 65.3 Å². The second kappa shape index (κ2) is 6.89. The number of rotatable bonds is 4. The Balaban J connectivity index is 1.87. The van der Waals surface area contributed by atoms with Crippen LogP contribution in [0.25, 0.3) is 11.1 Å². The van der Waals surface area contributed by atoms with Gasteiger partial charge in [0.15, 0.2) is 9.84 Å². The summed E-state index contributed by atoms with van der Waals surface area (Å²) in [5.74, 6) is -0.787. The van der Waals surface area contributed by atoms with Gasteiger partial charge >= 0.3 is 0 Å². The summed E-state index contributed by atoms with van der Waals surface area (Å²) in [7, 11) is -3.36. The maximum atomic E-state index is 13.1. The van der Waals surface area contributed by atoms with Crippen LogP contribution in [0.3, 0.4) is 0 Å². The van der Waals surface area contributed by atoms with Gasteiger partial charge in [-0.1, -0.05) is 18.2 Å². The van der Waals surface area contributed by atoms with Crippen LogP contribution in [0, 0.1) is 5.82 Å². The quantitative estimate of drug-likeness (QED) is 0.663. The summed E-state index contributed by atoms with van der Waals surface area (Å²) in [6.45, 7) is 0. The van der Waals surface area contributed by atoms with Gasteiger partial charge in [-0.05, 0) is 47.5 Å². The molecule has 0 unspecified atom stereocenters. The number of hydrogen-bond acceptors (Lipinski definition) is 5. The van der Waals surface area contributed by atoms with E-state index in [4.69, 9.17) is 5.73 Å². The summed E-state index contributed by atoms with van der Waals surface area (Å²) in [5, 5.41) is 2.69. The standard InChI is InChI=1S/C18H15FN2O3S2/c1-26(23,24)17-9-8-16(25-17)18(22)21-15-10-12(4-7-14(15)20)11-2-5-13(19)6-3-11/h2-10H,20H2,1H3,(H,21,22). The van der Waals surface area contributed by atoms with Crippen molar-refractivity contribution in [2.75, 3.05) is 17.3 Å². The zero-order valence-corrected chi connectivity index (χ0v) is 15.3. The number of nitrogens with two attached hydrogens (primary N) is 1. The molecule has 0 spiro atoms. The third-order valence-corrected chi connectivity index (χ3v) is 6.55. The highest BCUT2D eigenvalue weighted by Gasteiger charge is 2.16. The van der Waals surface area contributed by atoms with E-state index in [1.54, 1.807) is 30.3 Å². The molecule has 1 amide bonds. The maximum Gasteiger partial charge on any atom is 0.265 e. The van der Waals surface area contributed by atoms with Crippen molar-refractivity contribution in [1.82, 2.24) is 0 Å². The van der Waals surface area contributed by atoms with E-state index in [2.05, 4.69) is 5.32 Å². The molecule has 0 aliphatic carbocycles. The molecule has 134 valence electrons. The van der Waals surface area contributed by atoms with E-state index in [9.17, 15) is 17.6 Å². The Labute approximate surface area is 154 Å². The summed E-state index contributed by atoms with van der Waals surface area (Å²) in [4.78, 5) is 12.7. The van der Waals surface area contributed by atoms with Gasteiger partial charge < -0.3 is 11.1 Å². The lowest BCUT2D eigenvalue weighted by atomic mass is 10.0.